The Morgan fingerprint density at radius 2 is 1.88 bits per heavy atom. The smallest absolute Gasteiger partial charge is 0.337 e. The molecule has 2 aromatic carbocycles. The van der Waals surface area contributed by atoms with Crippen molar-refractivity contribution in [2.45, 2.75) is 13.8 Å². The van der Waals surface area contributed by atoms with Gasteiger partial charge in [0.25, 0.3) is 5.91 Å². The van der Waals surface area contributed by atoms with Crippen LogP contribution in [0.4, 0.5) is 5.69 Å². The molecule has 0 aliphatic carbocycles. The Morgan fingerprint density at radius 1 is 1.12 bits per heavy atom. The molecule has 1 aliphatic heterocycles. The van der Waals surface area contributed by atoms with E-state index in [4.69, 9.17) is 13.9 Å². The number of nitrogens with zero attached hydrogens (tertiary/aromatic N) is 2. The van der Waals surface area contributed by atoms with Crippen LogP contribution < -0.4 is 4.74 Å². The number of amidine groups is 1. The molecule has 1 aliphatic rings. The van der Waals surface area contributed by atoms with Crippen LogP contribution in [0.15, 0.2) is 68.9 Å². The number of carbonyl (C=O) groups is 2. The van der Waals surface area contributed by atoms with Crippen LogP contribution in [0.25, 0.3) is 17.4 Å². The van der Waals surface area contributed by atoms with Crippen molar-refractivity contribution < 1.29 is 23.5 Å². The zero-order chi connectivity index (χ0) is 24.2. The third-order valence-electron chi connectivity index (χ3n) is 5.31. The van der Waals surface area contributed by atoms with E-state index in [1.807, 2.05) is 56.3 Å². The number of hydrogen-bond donors (Lipinski definition) is 0. The van der Waals surface area contributed by atoms with Crippen LogP contribution in [0.5, 0.6) is 5.75 Å². The fourth-order valence-electron chi connectivity index (χ4n) is 3.53. The summed E-state index contributed by atoms with van der Waals surface area (Å²) < 4.78 is 16.0. The first-order valence-corrected chi connectivity index (χ1v) is 11.5. The molecule has 2 heterocycles. The fourth-order valence-corrected chi connectivity index (χ4v) is 4.57. The number of furan rings is 1. The van der Waals surface area contributed by atoms with Crippen LogP contribution in [0.3, 0.4) is 0 Å². The molecule has 0 unspecified atom stereocenters. The number of esters is 1. The van der Waals surface area contributed by atoms with E-state index in [-0.39, 0.29) is 11.9 Å². The highest BCUT2D eigenvalue weighted by molar-refractivity contribution is 8.18. The molecule has 1 saturated heterocycles. The number of hydrogen-bond acceptors (Lipinski definition) is 7. The van der Waals surface area contributed by atoms with Gasteiger partial charge in [-0.25, -0.2) is 9.79 Å². The van der Waals surface area contributed by atoms with Crippen molar-refractivity contribution >= 4 is 40.6 Å². The number of thioether (sulfide) groups is 1. The highest BCUT2D eigenvalue weighted by Crippen LogP contribution is 2.35. The Balaban J connectivity index is 1.58. The van der Waals surface area contributed by atoms with Gasteiger partial charge < -0.3 is 13.9 Å². The molecule has 4 rings (SSSR count). The molecule has 0 bridgehead atoms. The summed E-state index contributed by atoms with van der Waals surface area (Å²) in [7, 11) is 2.97. The molecule has 0 atom stereocenters. The van der Waals surface area contributed by atoms with E-state index < -0.39 is 0 Å². The molecule has 0 N–H and O–H groups in total. The van der Waals surface area contributed by atoms with E-state index >= 15 is 0 Å². The average molecular weight is 477 g/mol. The van der Waals surface area contributed by atoms with Gasteiger partial charge in [0, 0.05) is 18.2 Å². The Hall–Kier alpha value is -3.78. The number of likely N-dealkylation sites (N-methyl/N-ethyl adjacent to an activating group) is 1. The Kier molecular flexibility index (Phi) is 6.88. The molecule has 0 saturated carbocycles. The van der Waals surface area contributed by atoms with Crippen LogP contribution in [0.1, 0.15) is 28.6 Å². The first-order chi connectivity index (χ1) is 16.4. The summed E-state index contributed by atoms with van der Waals surface area (Å²) in [4.78, 5) is 31.5. The van der Waals surface area contributed by atoms with Crippen LogP contribution >= 0.6 is 11.8 Å². The van der Waals surface area contributed by atoms with Crippen molar-refractivity contribution in [3.8, 4) is 17.1 Å². The monoisotopic (exact) mass is 476 g/mol. The van der Waals surface area contributed by atoms with Crippen molar-refractivity contribution in [2.24, 2.45) is 4.99 Å². The van der Waals surface area contributed by atoms with Crippen molar-refractivity contribution in [1.82, 2.24) is 4.90 Å². The van der Waals surface area contributed by atoms with Crippen LogP contribution in [-0.2, 0) is 9.53 Å². The summed E-state index contributed by atoms with van der Waals surface area (Å²) >= 11 is 1.31. The van der Waals surface area contributed by atoms with Crippen molar-refractivity contribution in [1.29, 1.82) is 0 Å². The molecule has 34 heavy (non-hydrogen) atoms. The zero-order valence-corrected chi connectivity index (χ0v) is 20.1. The van der Waals surface area contributed by atoms with Crippen molar-refractivity contribution in [3.05, 3.63) is 76.4 Å². The van der Waals surface area contributed by atoms with Crippen LogP contribution in [-0.4, -0.2) is 42.7 Å². The number of amides is 1. The Morgan fingerprint density at radius 3 is 2.53 bits per heavy atom. The fraction of sp³-hybridized carbons (Fsp3) is 0.192. The molecule has 174 valence electrons. The molecule has 8 heteroatoms. The molecule has 1 fully saturated rings. The molecule has 3 aromatic rings. The van der Waals surface area contributed by atoms with Gasteiger partial charge in [-0.05, 0) is 79.7 Å². The number of methoxy groups -OCH3 is 2. The van der Waals surface area contributed by atoms with Gasteiger partial charge in [0.1, 0.15) is 17.3 Å². The molecular weight excluding hydrogens is 452 g/mol. The van der Waals surface area contributed by atoms with E-state index in [1.165, 1.54) is 18.9 Å². The predicted octanol–water partition coefficient (Wildman–Crippen LogP) is 5.67. The maximum Gasteiger partial charge on any atom is 0.337 e. The highest BCUT2D eigenvalue weighted by atomic mass is 32.2. The predicted molar refractivity (Wildman–Crippen MR) is 133 cm³/mol. The third kappa shape index (κ3) is 4.77. The summed E-state index contributed by atoms with van der Waals surface area (Å²) in [6.07, 6.45) is 1.73. The lowest BCUT2D eigenvalue weighted by Crippen LogP contribution is -2.28. The quantitative estimate of drug-likeness (QED) is 0.337. The highest BCUT2D eigenvalue weighted by Gasteiger charge is 2.32. The maximum absolute atomic E-state index is 13.0. The van der Waals surface area contributed by atoms with Gasteiger partial charge >= 0.3 is 5.97 Å². The third-order valence-corrected chi connectivity index (χ3v) is 6.32. The van der Waals surface area contributed by atoms with Crippen LogP contribution in [0.2, 0.25) is 0 Å². The second-order valence-electron chi connectivity index (χ2n) is 7.48. The van der Waals surface area contributed by atoms with E-state index in [1.54, 1.807) is 30.2 Å². The van der Waals surface area contributed by atoms with Gasteiger partial charge in [-0.15, -0.1) is 0 Å². The maximum atomic E-state index is 13.0. The molecule has 1 amide bonds. The van der Waals surface area contributed by atoms with Crippen molar-refractivity contribution in [2.75, 3.05) is 20.8 Å². The topological polar surface area (TPSA) is 81.3 Å². The van der Waals surface area contributed by atoms with Gasteiger partial charge in [-0.3, -0.25) is 9.69 Å². The number of carbonyl (C=O) groups excluding carboxylic acids is 2. The Bertz CT molecular complexity index is 1290. The molecule has 0 spiro atoms. The second kappa shape index (κ2) is 10.0. The SMILES string of the molecule is CCN1C(=O)/C(=C\c2ccc(-c3ccc(C(=O)OC)cc3C)o2)SC1=Nc1ccc(OC)cc1. The van der Waals surface area contributed by atoms with E-state index in [9.17, 15) is 9.59 Å². The largest absolute Gasteiger partial charge is 0.497 e. The number of ether oxygens (including phenoxy) is 2. The van der Waals surface area contributed by atoms with Gasteiger partial charge in [-0.1, -0.05) is 6.07 Å². The van der Waals surface area contributed by atoms with Gasteiger partial charge in [0.05, 0.1) is 30.4 Å². The van der Waals surface area contributed by atoms with Gasteiger partial charge in [-0.2, -0.15) is 0 Å². The molecule has 7 nitrogen and oxygen atoms in total. The summed E-state index contributed by atoms with van der Waals surface area (Å²) in [6, 6.07) is 16.3. The number of aliphatic imine (C=N–C) groups is 1. The minimum absolute atomic E-state index is 0.115. The summed E-state index contributed by atoms with van der Waals surface area (Å²) in [6.45, 7) is 4.32. The first kappa shape index (κ1) is 23.4. The summed E-state index contributed by atoms with van der Waals surface area (Å²) in [5, 5.41) is 0.616. The average Bonchev–Trinajstić information content (AvgIpc) is 3.43. The number of rotatable bonds is 6. The summed E-state index contributed by atoms with van der Waals surface area (Å²) in [5.41, 5.74) is 2.96. The number of benzene rings is 2. The van der Waals surface area contributed by atoms with Gasteiger partial charge in [0.2, 0.25) is 0 Å². The molecule has 0 radical (unpaired) electrons. The molecule has 1 aromatic heterocycles. The van der Waals surface area contributed by atoms with E-state index in [2.05, 4.69) is 4.99 Å². The Labute approximate surface area is 202 Å². The normalized spacial score (nSPS) is 15.9. The zero-order valence-electron chi connectivity index (χ0n) is 19.3. The number of aryl methyl sites for hydroxylation is 1. The lowest BCUT2D eigenvalue weighted by molar-refractivity contribution is -0.122. The minimum Gasteiger partial charge on any atom is -0.497 e. The summed E-state index contributed by atoms with van der Waals surface area (Å²) in [5.74, 6) is 1.45. The van der Waals surface area contributed by atoms with E-state index in [0.29, 0.717) is 33.7 Å². The second-order valence-corrected chi connectivity index (χ2v) is 8.48. The van der Waals surface area contributed by atoms with Crippen molar-refractivity contribution in [3.63, 3.8) is 0 Å². The van der Waals surface area contributed by atoms with Gasteiger partial charge in [0.15, 0.2) is 5.17 Å². The lowest BCUT2D eigenvalue weighted by atomic mass is 10.0. The minimum atomic E-state index is -0.385. The molecular formula is C26H24N2O5S. The van der Waals surface area contributed by atoms with E-state index in [0.717, 1.165) is 22.6 Å². The lowest BCUT2D eigenvalue weighted by Gasteiger charge is -2.12. The standard InChI is InChI=1S/C26H24N2O5S/c1-5-28-24(29)23(34-26(28)27-18-7-9-19(31-3)10-8-18)15-20-11-13-22(33-20)21-12-6-17(14-16(21)2)25(30)32-4/h6-15H,5H2,1-4H3/b23-15+,27-26?. The first-order valence-electron chi connectivity index (χ1n) is 10.7. The van der Waals surface area contributed by atoms with Crippen LogP contribution in [0, 0.1) is 6.92 Å².